The van der Waals surface area contributed by atoms with Gasteiger partial charge in [-0.25, -0.2) is 0 Å². The molecule has 0 unspecified atom stereocenters. The number of hydrogen-bond donors (Lipinski definition) is 0. The summed E-state index contributed by atoms with van der Waals surface area (Å²) in [6, 6.07) is 1.79. The van der Waals surface area contributed by atoms with Crippen LogP contribution >= 0.6 is 11.6 Å². The fourth-order valence-corrected chi connectivity index (χ4v) is 0.546. The van der Waals surface area contributed by atoms with Gasteiger partial charge in [0.15, 0.2) is 0 Å². The van der Waals surface area contributed by atoms with Crippen molar-refractivity contribution in [2.24, 2.45) is 0 Å². The fraction of sp³-hybridized carbons (Fsp3) is 0.200. The molecule has 1 radical (unpaired) electrons. The summed E-state index contributed by atoms with van der Waals surface area (Å²) in [5.41, 5.74) is 0. The minimum Gasteiger partial charge on any atom is -0.457 e. The van der Waals surface area contributed by atoms with Gasteiger partial charge in [0.25, 0.3) is 0 Å². The van der Waals surface area contributed by atoms with Gasteiger partial charge in [0.1, 0.15) is 6.26 Å². The molecule has 0 spiro atoms. The molecule has 0 aliphatic carbocycles. The van der Waals surface area contributed by atoms with E-state index in [1.54, 1.807) is 6.07 Å². The van der Waals surface area contributed by atoms with Crippen molar-refractivity contribution in [1.29, 1.82) is 0 Å². The van der Waals surface area contributed by atoms with Gasteiger partial charge in [-0.05, 0) is 0 Å². The molecule has 1 aromatic heterocycles. The lowest BCUT2D eigenvalue weighted by Crippen LogP contribution is -2.02. The number of alkyl halides is 3. The van der Waals surface area contributed by atoms with Crippen molar-refractivity contribution in [2.75, 3.05) is 0 Å². The van der Waals surface area contributed by atoms with E-state index in [0.29, 0.717) is 0 Å². The second kappa shape index (κ2) is 2.20. The zero-order chi connectivity index (χ0) is 7.78. The van der Waals surface area contributed by atoms with Crippen molar-refractivity contribution < 1.29 is 17.6 Å². The van der Waals surface area contributed by atoms with Crippen molar-refractivity contribution in [3.05, 3.63) is 23.1 Å². The molecule has 1 nitrogen and oxygen atoms in total. The number of furan rings is 1. The van der Waals surface area contributed by atoms with Crippen LogP contribution in [0.25, 0.3) is 0 Å². The first-order chi connectivity index (χ1) is 4.50. The lowest BCUT2D eigenvalue weighted by Gasteiger charge is -1.98. The Morgan fingerprint density at radius 1 is 1.50 bits per heavy atom. The first-order valence-corrected chi connectivity index (χ1v) is 2.61. The highest BCUT2D eigenvalue weighted by Gasteiger charge is 2.35. The molecule has 0 aliphatic rings. The quantitative estimate of drug-likeness (QED) is 0.582. The van der Waals surface area contributed by atoms with E-state index < -0.39 is 11.9 Å². The van der Waals surface area contributed by atoms with Gasteiger partial charge in [0.2, 0.25) is 5.76 Å². The number of rotatable bonds is 0. The topological polar surface area (TPSA) is 13.1 Å². The van der Waals surface area contributed by atoms with Crippen LogP contribution in [-0.4, -0.2) is 0 Å². The van der Waals surface area contributed by atoms with Crippen LogP contribution in [0.2, 0.25) is 5.02 Å². The zero-order valence-corrected chi connectivity index (χ0v) is 5.25. The molecule has 1 aromatic rings. The highest BCUT2D eigenvalue weighted by atomic mass is 35.5. The highest BCUT2D eigenvalue weighted by Crippen LogP contribution is 2.31. The van der Waals surface area contributed by atoms with E-state index in [1.165, 1.54) is 0 Å². The maximum Gasteiger partial charge on any atom is 0.450 e. The van der Waals surface area contributed by atoms with Gasteiger partial charge in [0, 0.05) is 0 Å². The molecule has 1 heterocycles. The molecule has 0 N–H and O–H groups in total. The standard InChI is InChI=1S/C5HClF3O/c6-3-1-4(10-2-3)5(7,8)9/h2H. The van der Waals surface area contributed by atoms with E-state index in [9.17, 15) is 13.2 Å². The average Bonchev–Trinajstić information content (AvgIpc) is 2.11. The summed E-state index contributed by atoms with van der Waals surface area (Å²) in [4.78, 5) is 0. The molecule has 0 bridgehead atoms. The Labute approximate surface area is 59.4 Å². The summed E-state index contributed by atoms with van der Waals surface area (Å²) in [5.74, 6) is -1.20. The molecule has 55 valence electrons. The minimum absolute atomic E-state index is 0.174. The fourth-order valence-electron chi connectivity index (χ4n) is 0.416. The maximum absolute atomic E-state index is 11.6. The van der Waals surface area contributed by atoms with E-state index in [4.69, 9.17) is 11.6 Å². The first kappa shape index (κ1) is 7.47. The largest absolute Gasteiger partial charge is 0.457 e. The molecule has 0 atom stereocenters. The lowest BCUT2D eigenvalue weighted by molar-refractivity contribution is -0.153. The van der Waals surface area contributed by atoms with Gasteiger partial charge >= 0.3 is 6.18 Å². The Bertz CT molecular complexity index is 227. The van der Waals surface area contributed by atoms with E-state index >= 15 is 0 Å². The summed E-state index contributed by atoms with van der Waals surface area (Å²) in [7, 11) is 0. The molecule has 0 aromatic carbocycles. The van der Waals surface area contributed by atoms with Crippen LogP contribution in [0.15, 0.2) is 10.7 Å². The zero-order valence-electron chi connectivity index (χ0n) is 4.50. The predicted octanol–water partition coefficient (Wildman–Crippen LogP) is 2.75. The second-order valence-corrected chi connectivity index (χ2v) is 1.94. The summed E-state index contributed by atoms with van der Waals surface area (Å²) in [6.45, 7) is 0. The lowest BCUT2D eigenvalue weighted by atomic mass is 10.4. The summed E-state index contributed by atoms with van der Waals surface area (Å²) in [5, 5.41) is -0.174. The van der Waals surface area contributed by atoms with Crippen LogP contribution in [-0.2, 0) is 6.18 Å². The Morgan fingerprint density at radius 3 is 2.30 bits per heavy atom. The van der Waals surface area contributed by atoms with Crippen LogP contribution in [0, 0.1) is 6.07 Å². The van der Waals surface area contributed by atoms with Crippen molar-refractivity contribution in [1.82, 2.24) is 0 Å². The summed E-state index contributed by atoms with van der Waals surface area (Å²) < 4.78 is 38.9. The van der Waals surface area contributed by atoms with Crippen molar-refractivity contribution in [3.8, 4) is 0 Å². The Hall–Kier alpha value is -0.640. The molecule has 0 amide bonds. The van der Waals surface area contributed by atoms with Gasteiger partial charge in [-0.2, -0.15) is 13.2 Å². The van der Waals surface area contributed by atoms with E-state index in [0.717, 1.165) is 6.26 Å². The molecule has 0 aliphatic heterocycles. The van der Waals surface area contributed by atoms with E-state index in [-0.39, 0.29) is 5.02 Å². The van der Waals surface area contributed by atoms with Crippen molar-refractivity contribution in [2.45, 2.75) is 6.18 Å². The summed E-state index contributed by atoms with van der Waals surface area (Å²) >= 11 is 5.12. The van der Waals surface area contributed by atoms with Gasteiger partial charge in [-0.15, -0.1) is 0 Å². The van der Waals surface area contributed by atoms with Crippen molar-refractivity contribution in [3.63, 3.8) is 0 Å². The minimum atomic E-state index is -4.49. The third-order valence-electron chi connectivity index (χ3n) is 0.771. The van der Waals surface area contributed by atoms with Gasteiger partial charge in [-0.1, -0.05) is 11.6 Å². The molecule has 1 rings (SSSR count). The second-order valence-electron chi connectivity index (χ2n) is 1.54. The monoisotopic (exact) mass is 169 g/mol. The smallest absolute Gasteiger partial charge is 0.450 e. The van der Waals surface area contributed by atoms with Crippen LogP contribution in [0.1, 0.15) is 5.76 Å². The first-order valence-electron chi connectivity index (χ1n) is 2.23. The molecule has 0 saturated heterocycles. The van der Waals surface area contributed by atoms with Crippen molar-refractivity contribution >= 4 is 11.6 Å². The maximum atomic E-state index is 11.6. The molecule has 5 heteroatoms. The molecule has 0 saturated carbocycles. The van der Waals surface area contributed by atoms with E-state index in [1.807, 2.05) is 0 Å². The third kappa shape index (κ3) is 1.44. The van der Waals surface area contributed by atoms with Crippen LogP contribution in [0.4, 0.5) is 13.2 Å². The van der Waals surface area contributed by atoms with E-state index in [2.05, 4.69) is 4.42 Å². The van der Waals surface area contributed by atoms with Gasteiger partial charge in [-0.3, -0.25) is 0 Å². The molecule has 0 fully saturated rings. The Kier molecular flexibility index (Phi) is 1.64. The number of halogens is 4. The summed E-state index contributed by atoms with van der Waals surface area (Å²) in [6.07, 6.45) is -3.71. The Morgan fingerprint density at radius 2 is 2.10 bits per heavy atom. The Balaban J connectivity index is 2.96. The number of hydrogen-bond acceptors (Lipinski definition) is 1. The molecular formula is C5HClF3O. The van der Waals surface area contributed by atoms with Gasteiger partial charge in [0.05, 0.1) is 11.1 Å². The molecular weight excluding hydrogens is 169 g/mol. The van der Waals surface area contributed by atoms with Crippen LogP contribution in [0.5, 0.6) is 0 Å². The van der Waals surface area contributed by atoms with Gasteiger partial charge < -0.3 is 4.42 Å². The third-order valence-corrected chi connectivity index (χ3v) is 0.954. The SMILES string of the molecule is FC(F)(F)c1[c]c(Cl)co1. The molecule has 10 heavy (non-hydrogen) atoms. The average molecular weight is 170 g/mol. The van der Waals surface area contributed by atoms with Crippen LogP contribution in [0.3, 0.4) is 0 Å². The normalized spacial score (nSPS) is 12.0. The highest BCUT2D eigenvalue weighted by molar-refractivity contribution is 6.30. The predicted molar refractivity (Wildman–Crippen MR) is 27.6 cm³/mol. The van der Waals surface area contributed by atoms with Crippen LogP contribution < -0.4 is 0 Å².